The molecule has 0 aromatic rings. The maximum atomic E-state index is 3.42. The van der Waals surface area contributed by atoms with Gasteiger partial charge in [-0.05, 0) is 19.9 Å². The molecule has 0 amide bonds. The molecule has 2 heteroatoms. The maximum absolute atomic E-state index is 3.42. The van der Waals surface area contributed by atoms with Crippen molar-refractivity contribution in [2.24, 2.45) is 0 Å². The van der Waals surface area contributed by atoms with Crippen molar-refractivity contribution in [3.8, 4) is 0 Å². The van der Waals surface area contributed by atoms with Crippen molar-refractivity contribution >= 4 is 0 Å². The molecule has 0 bridgehead atoms. The van der Waals surface area contributed by atoms with E-state index in [1.165, 1.54) is 51.9 Å². The number of nitrogens with zero attached hydrogens (tertiary/aromatic N) is 1. The Morgan fingerprint density at radius 2 is 2.15 bits per heavy atom. The molecule has 1 fully saturated rings. The molecule has 13 heavy (non-hydrogen) atoms. The standard InChI is InChI=1S/C11H24N2/c1-3-4-5-6-8-13-9-7-12-10-11(13)2/h11-12H,3-10H2,1-2H3/t11-/m1/s1. The summed E-state index contributed by atoms with van der Waals surface area (Å²) < 4.78 is 0. The fourth-order valence-corrected chi connectivity index (χ4v) is 1.96. The van der Waals surface area contributed by atoms with Gasteiger partial charge in [0.1, 0.15) is 0 Å². The van der Waals surface area contributed by atoms with Crippen molar-refractivity contribution in [1.82, 2.24) is 10.2 Å². The van der Waals surface area contributed by atoms with Gasteiger partial charge >= 0.3 is 0 Å². The van der Waals surface area contributed by atoms with E-state index in [9.17, 15) is 0 Å². The lowest BCUT2D eigenvalue weighted by atomic mass is 10.1. The van der Waals surface area contributed by atoms with E-state index >= 15 is 0 Å². The van der Waals surface area contributed by atoms with Gasteiger partial charge in [-0.15, -0.1) is 0 Å². The molecule has 78 valence electrons. The monoisotopic (exact) mass is 184 g/mol. The van der Waals surface area contributed by atoms with Crippen LogP contribution in [-0.4, -0.2) is 37.1 Å². The number of nitrogens with one attached hydrogen (secondary N) is 1. The maximum Gasteiger partial charge on any atom is 0.0192 e. The van der Waals surface area contributed by atoms with Gasteiger partial charge in [0.25, 0.3) is 0 Å². The molecule has 1 heterocycles. The summed E-state index contributed by atoms with van der Waals surface area (Å²) in [4.78, 5) is 2.62. The number of hydrogen-bond acceptors (Lipinski definition) is 2. The van der Waals surface area contributed by atoms with Crippen molar-refractivity contribution < 1.29 is 0 Å². The Morgan fingerprint density at radius 3 is 2.85 bits per heavy atom. The molecule has 0 spiro atoms. The zero-order chi connectivity index (χ0) is 9.52. The van der Waals surface area contributed by atoms with Crippen molar-refractivity contribution in [2.45, 2.75) is 45.6 Å². The molecule has 0 radical (unpaired) electrons. The van der Waals surface area contributed by atoms with E-state index in [1.54, 1.807) is 0 Å². The van der Waals surface area contributed by atoms with E-state index < -0.39 is 0 Å². The highest BCUT2D eigenvalue weighted by molar-refractivity contribution is 4.75. The molecule has 2 nitrogen and oxygen atoms in total. The lowest BCUT2D eigenvalue weighted by molar-refractivity contribution is 0.170. The van der Waals surface area contributed by atoms with Gasteiger partial charge in [-0.25, -0.2) is 0 Å². The molecule has 1 aliphatic heterocycles. The Morgan fingerprint density at radius 1 is 1.31 bits per heavy atom. The molecule has 1 N–H and O–H groups in total. The number of unbranched alkanes of at least 4 members (excludes halogenated alkanes) is 3. The predicted octanol–water partition coefficient (Wildman–Crippen LogP) is 1.86. The molecule has 1 aliphatic rings. The Hall–Kier alpha value is -0.0800. The van der Waals surface area contributed by atoms with E-state index in [2.05, 4.69) is 24.1 Å². The van der Waals surface area contributed by atoms with E-state index in [4.69, 9.17) is 0 Å². The van der Waals surface area contributed by atoms with Crippen molar-refractivity contribution in [3.63, 3.8) is 0 Å². The quantitative estimate of drug-likeness (QED) is 0.656. The Labute approximate surface area is 82.7 Å². The summed E-state index contributed by atoms with van der Waals surface area (Å²) in [5.41, 5.74) is 0. The van der Waals surface area contributed by atoms with Crippen molar-refractivity contribution in [3.05, 3.63) is 0 Å². The van der Waals surface area contributed by atoms with Crippen LogP contribution in [0.25, 0.3) is 0 Å². The molecular formula is C11H24N2. The van der Waals surface area contributed by atoms with Crippen LogP contribution < -0.4 is 5.32 Å². The van der Waals surface area contributed by atoms with Crippen LogP contribution in [0.3, 0.4) is 0 Å². The summed E-state index contributed by atoms with van der Waals surface area (Å²) in [7, 11) is 0. The van der Waals surface area contributed by atoms with Gasteiger partial charge in [0.05, 0.1) is 0 Å². The van der Waals surface area contributed by atoms with Crippen LogP contribution in [0.15, 0.2) is 0 Å². The Balaban J connectivity index is 2.05. The molecule has 0 unspecified atom stereocenters. The summed E-state index contributed by atoms with van der Waals surface area (Å²) in [5, 5.41) is 3.42. The summed E-state index contributed by atoms with van der Waals surface area (Å²) >= 11 is 0. The van der Waals surface area contributed by atoms with Crippen LogP contribution >= 0.6 is 0 Å². The minimum Gasteiger partial charge on any atom is -0.314 e. The van der Waals surface area contributed by atoms with Crippen molar-refractivity contribution in [2.75, 3.05) is 26.2 Å². The highest BCUT2D eigenvalue weighted by Crippen LogP contribution is 2.06. The van der Waals surface area contributed by atoms with Crippen LogP contribution in [0.2, 0.25) is 0 Å². The predicted molar refractivity (Wildman–Crippen MR) is 58.0 cm³/mol. The van der Waals surface area contributed by atoms with Crippen LogP contribution in [0.5, 0.6) is 0 Å². The fourth-order valence-electron chi connectivity index (χ4n) is 1.96. The summed E-state index contributed by atoms with van der Waals surface area (Å²) in [6.07, 6.45) is 5.54. The summed E-state index contributed by atoms with van der Waals surface area (Å²) in [6.45, 7) is 9.50. The van der Waals surface area contributed by atoms with Gasteiger partial charge in [-0.1, -0.05) is 26.2 Å². The molecular weight excluding hydrogens is 160 g/mol. The van der Waals surface area contributed by atoms with Gasteiger partial charge in [0, 0.05) is 25.7 Å². The van der Waals surface area contributed by atoms with E-state index in [0.717, 1.165) is 6.04 Å². The zero-order valence-electron chi connectivity index (χ0n) is 9.18. The van der Waals surface area contributed by atoms with Crippen LogP contribution in [0.1, 0.15) is 39.5 Å². The second kappa shape index (κ2) is 6.39. The number of piperazine rings is 1. The average molecular weight is 184 g/mol. The van der Waals surface area contributed by atoms with E-state index in [0.29, 0.717) is 0 Å². The summed E-state index contributed by atoms with van der Waals surface area (Å²) in [5.74, 6) is 0. The molecule has 0 aliphatic carbocycles. The second-order valence-electron chi connectivity index (χ2n) is 4.15. The zero-order valence-corrected chi connectivity index (χ0v) is 9.18. The van der Waals surface area contributed by atoms with Crippen LogP contribution in [-0.2, 0) is 0 Å². The van der Waals surface area contributed by atoms with Gasteiger partial charge in [0.15, 0.2) is 0 Å². The highest BCUT2D eigenvalue weighted by Gasteiger charge is 2.16. The van der Waals surface area contributed by atoms with Gasteiger partial charge in [-0.3, -0.25) is 4.90 Å². The normalized spacial score (nSPS) is 24.9. The lowest BCUT2D eigenvalue weighted by Gasteiger charge is -2.33. The third-order valence-corrected chi connectivity index (χ3v) is 2.94. The number of rotatable bonds is 5. The minimum absolute atomic E-state index is 0.746. The van der Waals surface area contributed by atoms with E-state index in [-0.39, 0.29) is 0 Å². The fraction of sp³-hybridized carbons (Fsp3) is 1.00. The van der Waals surface area contributed by atoms with Gasteiger partial charge < -0.3 is 5.32 Å². The van der Waals surface area contributed by atoms with Crippen LogP contribution in [0, 0.1) is 0 Å². The van der Waals surface area contributed by atoms with Crippen LogP contribution in [0.4, 0.5) is 0 Å². The first-order chi connectivity index (χ1) is 6.34. The third kappa shape index (κ3) is 4.10. The minimum atomic E-state index is 0.746. The van der Waals surface area contributed by atoms with Gasteiger partial charge in [0.2, 0.25) is 0 Å². The highest BCUT2D eigenvalue weighted by atomic mass is 15.2. The largest absolute Gasteiger partial charge is 0.314 e. The molecule has 1 saturated heterocycles. The molecule has 0 aromatic carbocycles. The Kier molecular flexibility index (Phi) is 5.40. The second-order valence-corrected chi connectivity index (χ2v) is 4.15. The lowest BCUT2D eigenvalue weighted by Crippen LogP contribution is -2.49. The molecule has 1 rings (SSSR count). The molecule has 0 saturated carbocycles. The smallest absolute Gasteiger partial charge is 0.0192 e. The third-order valence-electron chi connectivity index (χ3n) is 2.94. The molecule has 1 atom stereocenters. The van der Waals surface area contributed by atoms with Crippen molar-refractivity contribution in [1.29, 1.82) is 0 Å². The Bertz CT molecular complexity index is 125. The molecule has 0 aromatic heterocycles. The average Bonchev–Trinajstić information content (AvgIpc) is 2.15. The van der Waals surface area contributed by atoms with E-state index in [1.807, 2.05) is 0 Å². The first-order valence-corrected chi connectivity index (χ1v) is 5.79. The topological polar surface area (TPSA) is 15.3 Å². The first-order valence-electron chi connectivity index (χ1n) is 5.79. The summed E-state index contributed by atoms with van der Waals surface area (Å²) in [6, 6.07) is 0.746. The number of hydrogen-bond donors (Lipinski definition) is 1. The first kappa shape index (κ1) is 11.0. The van der Waals surface area contributed by atoms with Gasteiger partial charge in [-0.2, -0.15) is 0 Å². The SMILES string of the molecule is CCCCCCN1CCNC[C@H]1C.